The minimum absolute atomic E-state index is 0.0164. The number of benzene rings is 3. The van der Waals surface area contributed by atoms with Crippen LogP contribution in [0.5, 0.6) is 0 Å². The first-order valence-corrected chi connectivity index (χ1v) is 12.4. The summed E-state index contributed by atoms with van der Waals surface area (Å²) in [5, 5.41) is 13.1. The van der Waals surface area contributed by atoms with Crippen molar-refractivity contribution >= 4 is 23.0 Å². The molecule has 0 saturated carbocycles. The maximum absolute atomic E-state index is 12.3. The second-order valence-electron chi connectivity index (χ2n) is 10.1. The summed E-state index contributed by atoms with van der Waals surface area (Å²) in [6.07, 6.45) is 3.52. The fourth-order valence-corrected chi connectivity index (χ4v) is 4.47. The third-order valence-electron chi connectivity index (χ3n) is 6.17. The molecular formula is C30H35NO5. The van der Waals surface area contributed by atoms with Crippen LogP contribution in [0.1, 0.15) is 49.8 Å². The van der Waals surface area contributed by atoms with Gasteiger partial charge in [0.2, 0.25) is 0 Å². The van der Waals surface area contributed by atoms with E-state index in [1.54, 1.807) is 11.1 Å². The van der Waals surface area contributed by atoms with Crippen LogP contribution in [0.25, 0.3) is 16.8 Å². The highest BCUT2D eigenvalue weighted by Gasteiger charge is 2.34. The first-order valence-electron chi connectivity index (χ1n) is 12.4. The van der Waals surface area contributed by atoms with Gasteiger partial charge in [0.1, 0.15) is 5.60 Å². The Morgan fingerprint density at radius 3 is 2.53 bits per heavy atom. The minimum Gasteiger partial charge on any atom is -0.427 e. The zero-order valence-corrected chi connectivity index (χ0v) is 21.2. The number of aliphatic hydroxyl groups is 1. The predicted octanol–water partition coefficient (Wildman–Crippen LogP) is 6.09. The van der Waals surface area contributed by atoms with Crippen molar-refractivity contribution in [1.82, 2.24) is 5.06 Å². The number of carbonyl (C=O) groups excluding carboxylic acids is 1. The van der Waals surface area contributed by atoms with Gasteiger partial charge >= 0.3 is 6.16 Å². The normalized spacial score (nSPS) is 19.0. The van der Waals surface area contributed by atoms with E-state index in [0.29, 0.717) is 19.7 Å². The average Bonchev–Trinajstić information content (AvgIpc) is 2.85. The van der Waals surface area contributed by atoms with Crippen molar-refractivity contribution in [2.75, 3.05) is 19.7 Å². The Balaban J connectivity index is 1.49. The zero-order valence-electron chi connectivity index (χ0n) is 21.2. The van der Waals surface area contributed by atoms with Crippen molar-refractivity contribution in [1.29, 1.82) is 0 Å². The number of fused-ring (bicyclic) bond motifs is 1. The lowest BCUT2D eigenvalue weighted by molar-refractivity contribution is -0.179. The molecule has 1 aliphatic heterocycles. The quantitative estimate of drug-likeness (QED) is 0.405. The number of aliphatic hydroxyl groups excluding tert-OH is 1. The van der Waals surface area contributed by atoms with Crippen molar-refractivity contribution in [2.24, 2.45) is 0 Å². The molecule has 1 heterocycles. The maximum atomic E-state index is 12.3. The van der Waals surface area contributed by atoms with E-state index in [2.05, 4.69) is 42.5 Å². The second kappa shape index (κ2) is 11.7. The van der Waals surface area contributed by atoms with Crippen molar-refractivity contribution in [3.63, 3.8) is 0 Å². The van der Waals surface area contributed by atoms with E-state index in [9.17, 15) is 4.79 Å². The number of ether oxygens (including phenoxy) is 2. The smallest absolute Gasteiger partial charge is 0.427 e. The van der Waals surface area contributed by atoms with Gasteiger partial charge in [0.25, 0.3) is 0 Å². The summed E-state index contributed by atoms with van der Waals surface area (Å²) in [4.78, 5) is 17.8. The minimum atomic E-state index is -0.700. The lowest BCUT2D eigenvalue weighted by atomic mass is 9.87. The molecule has 3 aromatic carbocycles. The van der Waals surface area contributed by atoms with Crippen LogP contribution in [-0.2, 0) is 20.9 Å². The monoisotopic (exact) mass is 489 g/mol. The third-order valence-corrected chi connectivity index (χ3v) is 6.17. The van der Waals surface area contributed by atoms with Gasteiger partial charge in [-0.3, -0.25) is 0 Å². The summed E-state index contributed by atoms with van der Waals surface area (Å²) in [5.41, 5.74) is 2.69. The van der Waals surface area contributed by atoms with E-state index in [0.717, 1.165) is 17.5 Å². The van der Waals surface area contributed by atoms with Gasteiger partial charge in [-0.15, -0.1) is 5.06 Å². The molecule has 3 aromatic rings. The molecule has 6 nitrogen and oxygen atoms in total. The highest BCUT2D eigenvalue weighted by atomic mass is 16.8. The van der Waals surface area contributed by atoms with Crippen LogP contribution in [0.2, 0.25) is 0 Å². The Bertz CT molecular complexity index is 1180. The average molecular weight is 490 g/mol. The van der Waals surface area contributed by atoms with Crippen molar-refractivity contribution < 1.29 is 24.2 Å². The number of hydrogen-bond donors (Lipinski definition) is 1. The van der Waals surface area contributed by atoms with E-state index in [1.165, 1.54) is 16.3 Å². The van der Waals surface area contributed by atoms with Crippen molar-refractivity contribution in [3.05, 3.63) is 89.5 Å². The summed E-state index contributed by atoms with van der Waals surface area (Å²) >= 11 is 0. The van der Waals surface area contributed by atoms with Crippen molar-refractivity contribution in [2.45, 2.75) is 51.4 Å². The van der Waals surface area contributed by atoms with E-state index < -0.39 is 11.8 Å². The molecule has 0 radical (unpaired) electrons. The summed E-state index contributed by atoms with van der Waals surface area (Å²) in [6, 6.07) is 23.0. The molecule has 0 amide bonds. The molecule has 2 atom stereocenters. The second-order valence-corrected chi connectivity index (χ2v) is 10.1. The van der Waals surface area contributed by atoms with E-state index in [4.69, 9.17) is 19.4 Å². The summed E-state index contributed by atoms with van der Waals surface area (Å²) in [6.45, 7) is 6.96. The zero-order chi connectivity index (χ0) is 25.5. The number of carbonyl (C=O) groups is 1. The third kappa shape index (κ3) is 7.17. The molecule has 36 heavy (non-hydrogen) atoms. The van der Waals surface area contributed by atoms with Gasteiger partial charge < -0.3 is 19.4 Å². The van der Waals surface area contributed by atoms with Crippen LogP contribution in [0.15, 0.2) is 72.8 Å². The van der Waals surface area contributed by atoms with E-state index in [-0.39, 0.29) is 18.6 Å². The number of hydrogen-bond acceptors (Lipinski definition) is 6. The highest BCUT2D eigenvalue weighted by molar-refractivity contribution is 5.82. The number of rotatable bonds is 7. The predicted molar refractivity (Wildman–Crippen MR) is 141 cm³/mol. The Morgan fingerprint density at radius 2 is 1.81 bits per heavy atom. The molecule has 2 unspecified atom stereocenters. The maximum Gasteiger partial charge on any atom is 0.528 e. The molecule has 0 aromatic heterocycles. The van der Waals surface area contributed by atoms with Crippen LogP contribution in [0.4, 0.5) is 4.79 Å². The molecule has 0 bridgehead atoms. The molecule has 4 rings (SSSR count). The Morgan fingerprint density at radius 1 is 1.06 bits per heavy atom. The van der Waals surface area contributed by atoms with Gasteiger partial charge in [-0.05, 0) is 60.7 Å². The van der Waals surface area contributed by atoms with Gasteiger partial charge in [0, 0.05) is 12.5 Å². The molecule has 1 fully saturated rings. The molecule has 0 aliphatic carbocycles. The van der Waals surface area contributed by atoms with Crippen LogP contribution in [0.3, 0.4) is 0 Å². The molecule has 1 saturated heterocycles. The Labute approximate surface area is 213 Å². The Hall–Kier alpha value is -3.19. The number of nitrogens with zero attached hydrogens (tertiary/aromatic N) is 1. The van der Waals surface area contributed by atoms with Crippen LogP contribution < -0.4 is 0 Å². The van der Waals surface area contributed by atoms with Crippen LogP contribution in [-0.4, -0.2) is 47.7 Å². The largest absolute Gasteiger partial charge is 0.528 e. The van der Waals surface area contributed by atoms with E-state index >= 15 is 0 Å². The fourth-order valence-electron chi connectivity index (χ4n) is 4.47. The highest BCUT2D eigenvalue weighted by Crippen LogP contribution is 2.32. The molecule has 0 spiro atoms. The molecule has 1 N–H and O–H groups in total. The fraction of sp³-hybridized carbons (Fsp3) is 0.367. The summed E-state index contributed by atoms with van der Waals surface area (Å²) in [5.74, 6) is 0.153. The topological polar surface area (TPSA) is 68.2 Å². The molecule has 6 heteroatoms. The number of hydroxylamine groups is 2. The molecule has 1 aliphatic rings. The summed E-state index contributed by atoms with van der Waals surface area (Å²) in [7, 11) is 0. The van der Waals surface area contributed by atoms with Gasteiger partial charge in [-0.1, -0.05) is 72.8 Å². The SMILES string of the molecule is CC(C)(C)OC(=O)ON1CCC(c2ccc(C=CCO)cc2)C(OCc2ccc3ccccc3c2)C1. The number of piperidine rings is 1. The van der Waals surface area contributed by atoms with Gasteiger partial charge in [-0.2, -0.15) is 0 Å². The standard InChI is InChI=1S/C30H35NO5/c1-30(2,3)35-29(33)36-31-17-16-27(25-14-10-22(11-15-25)7-6-18-32)28(20-31)34-21-23-12-13-24-8-4-5-9-26(24)19-23/h4-15,19,27-28,32H,16-18,20-21H2,1-3H3. The summed E-state index contributed by atoms with van der Waals surface area (Å²) < 4.78 is 11.8. The van der Waals surface area contributed by atoms with E-state index in [1.807, 2.05) is 51.1 Å². The van der Waals surface area contributed by atoms with Gasteiger partial charge in [0.15, 0.2) is 0 Å². The van der Waals surface area contributed by atoms with Crippen LogP contribution in [0, 0.1) is 0 Å². The molecule has 190 valence electrons. The lowest BCUT2D eigenvalue weighted by Gasteiger charge is -2.37. The first kappa shape index (κ1) is 25.9. The van der Waals surface area contributed by atoms with Gasteiger partial charge in [-0.25, -0.2) is 4.79 Å². The first-order chi connectivity index (χ1) is 17.3. The Kier molecular flexibility index (Phi) is 8.41. The van der Waals surface area contributed by atoms with Crippen LogP contribution >= 0.6 is 0 Å². The lowest BCUT2D eigenvalue weighted by Crippen LogP contribution is -2.45. The molecular weight excluding hydrogens is 454 g/mol. The van der Waals surface area contributed by atoms with Gasteiger partial charge in [0.05, 0.1) is 25.9 Å². The van der Waals surface area contributed by atoms with Crippen molar-refractivity contribution in [3.8, 4) is 0 Å².